The van der Waals surface area contributed by atoms with E-state index in [-0.39, 0.29) is 0 Å². The van der Waals surface area contributed by atoms with Gasteiger partial charge in [-0.15, -0.1) is 0 Å². The van der Waals surface area contributed by atoms with Crippen molar-refractivity contribution in [3.63, 3.8) is 0 Å². The van der Waals surface area contributed by atoms with E-state index in [1.165, 1.54) is 0 Å². The van der Waals surface area contributed by atoms with Crippen molar-refractivity contribution in [3.8, 4) is 0 Å². The van der Waals surface area contributed by atoms with E-state index in [1.54, 1.807) is 25.5 Å². The molecule has 52 valence electrons. The summed E-state index contributed by atoms with van der Waals surface area (Å²) in [6, 6.07) is 0. The van der Waals surface area contributed by atoms with Crippen LogP contribution < -0.4 is 0 Å². The molecule has 0 aliphatic heterocycles. The van der Waals surface area contributed by atoms with Crippen molar-refractivity contribution >= 4 is 12.3 Å². The van der Waals surface area contributed by atoms with E-state index in [0.29, 0.717) is 0 Å². The van der Waals surface area contributed by atoms with Crippen molar-refractivity contribution in [2.75, 3.05) is 7.05 Å². The van der Waals surface area contributed by atoms with Gasteiger partial charge in [-0.1, -0.05) is 12.7 Å². The lowest BCUT2D eigenvalue weighted by Crippen LogP contribution is -1.82. The fourth-order valence-electron chi connectivity index (χ4n) is 0.701. The summed E-state index contributed by atoms with van der Waals surface area (Å²) in [6.07, 6.45) is 5.16. The molecule has 1 N–H and O–H groups in total. The first-order valence-electron chi connectivity index (χ1n) is 2.96. The third kappa shape index (κ3) is 1.13. The number of aromatic amines is 1. The minimum absolute atomic E-state index is 0.900. The number of hydrogen-bond acceptors (Lipinski definition) is 2. The van der Waals surface area contributed by atoms with E-state index < -0.39 is 0 Å². The Morgan fingerprint density at radius 2 is 2.60 bits per heavy atom. The third-order valence-corrected chi connectivity index (χ3v) is 1.18. The quantitative estimate of drug-likeness (QED) is 0.606. The average molecular weight is 135 g/mol. The number of nitrogens with zero attached hydrogens (tertiary/aromatic N) is 2. The average Bonchev–Trinajstić information content (AvgIpc) is 2.36. The normalized spacial score (nSPS) is 10.5. The van der Waals surface area contributed by atoms with Crippen LogP contribution in [0.5, 0.6) is 0 Å². The van der Waals surface area contributed by atoms with Gasteiger partial charge in [-0.2, -0.15) is 5.10 Å². The molecular formula is C7H9N3. The van der Waals surface area contributed by atoms with Gasteiger partial charge in [0.2, 0.25) is 0 Å². The topological polar surface area (TPSA) is 41.0 Å². The number of nitrogens with one attached hydrogen (secondary N) is 1. The summed E-state index contributed by atoms with van der Waals surface area (Å²) in [6.45, 7) is 3.62. The van der Waals surface area contributed by atoms with Crippen molar-refractivity contribution in [1.29, 1.82) is 0 Å². The standard InChI is InChI=1S/C7H9N3/c1-3-6-4-9-10-7(6)5-8-2/h3-5H,1H2,2H3,(H,9,10). The zero-order valence-corrected chi connectivity index (χ0v) is 5.83. The van der Waals surface area contributed by atoms with E-state index in [9.17, 15) is 0 Å². The molecule has 3 nitrogen and oxygen atoms in total. The van der Waals surface area contributed by atoms with Gasteiger partial charge in [-0.25, -0.2) is 0 Å². The monoisotopic (exact) mass is 135 g/mol. The first-order valence-corrected chi connectivity index (χ1v) is 2.96. The van der Waals surface area contributed by atoms with Gasteiger partial charge in [0.15, 0.2) is 0 Å². The SMILES string of the molecule is C=Cc1cn[nH]c1C=NC. The molecule has 0 amide bonds. The molecule has 0 spiro atoms. The molecule has 3 heteroatoms. The smallest absolute Gasteiger partial charge is 0.0828 e. The van der Waals surface area contributed by atoms with Crippen molar-refractivity contribution < 1.29 is 0 Å². The Morgan fingerprint density at radius 1 is 1.80 bits per heavy atom. The lowest BCUT2D eigenvalue weighted by atomic mass is 10.2. The predicted octanol–water partition coefficient (Wildman–Crippen LogP) is 1.10. The molecule has 0 aliphatic carbocycles. The second kappa shape index (κ2) is 2.96. The maximum Gasteiger partial charge on any atom is 0.0828 e. The third-order valence-electron chi connectivity index (χ3n) is 1.18. The van der Waals surface area contributed by atoms with Gasteiger partial charge >= 0.3 is 0 Å². The Bertz CT molecular complexity index is 247. The largest absolute Gasteiger partial charge is 0.294 e. The molecule has 1 aromatic heterocycles. The highest BCUT2D eigenvalue weighted by Crippen LogP contribution is 2.01. The molecule has 0 aliphatic rings. The van der Waals surface area contributed by atoms with Gasteiger partial charge in [-0.05, 0) is 0 Å². The Kier molecular flexibility index (Phi) is 1.99. The van der Waals surface area contributed by atoms with E-state index in [4.69, 9.17) is 0 Å². The number of H-pyrrole nitrogens is 1. The van der Waals surface area contributed by atoms with E-state index in [2.05, 4.69) is 21.8 Å². The molecule has 0 atom stereocenters. The Balaban J connectivity index is 3.00. The van der Waals surface area contributed by atoms with Crippen molar-refractivity contribution in [3.05, 3.63) is 24.0 Å². The number of aliphatic imine (C=N–C) groups is 1. The minimum atomic E-state index is 0.900. The van der Waals surface area contributed by atoms with Crippen LogP contribution in [0.25, 0.3) is 6.08 Å². The van der Waals surface area contributed by atoms with Crippen molar-refractivity contribution in [2.24, 2.45) is 4.99 Å². The summed E-state index contributed by atoms with van der Waals surface area (Å²) >= 11 is 0. The molecule has 1 heterocycles. The van der Waals surface area contributed by atoms with Crippen LogP contribution in [0.15, 0.2) is 17.8 Å². The molecular weight excluding hydrogens is 126 g/mol. The molecule has 0 saturated heterocycles. The molecule has 1 aromatic rings. The molecule has 10 heavy (non-hydrogen) atoms. The molecule has 1 rings (SSSR count). The maximum absolute atomic E-state index is 3.84. The first-order chi connectivity index (χ1) is 4.88. The maximum atomic E-state index is 3.84. The van der Waals surface area contributed by atoms with Crippen LogP contribution >= 0.6 is 0 Å². The second-order valence-electron chi connectivity index (χ2n) is 1.83. The van der Waals surface area contributed by atoms with E-state index in [1.807, 2.05) is 0 Å². The van der Waals surface area contributed by atoms with Crippen molar-refractivity contribution in [2.45, 2.75) is 0 Å². The Morgan fingerprint density at radius 3 is 3.20 bits per heavy atom. The van der Waals surface area contributed by atoms with E-state index in [0.717, 1.165) is 11.3 Å². The van der Waals surface area contributed by atoms with Crippen LogP contribution in [0.1, 0.15) is 11.3 Å². The zero-order valence-electron chi connectivity index (χ0n) is 5.83. The molecule has 0 aromatic carbocycles. The van der Waals surface area contributed by atoms with Crippen LogP contribution in [-0.4, -0.2) is 23.5 Å². The second-order valence-corrected chi connectivity index (χ2v) is 1.83. The summed E-state index contributed by atoms with van der Waals surface area (Å²) in [7, 11) is 1.72. The lowest BCUT2D eigenvalue weighted by molar-refractivity contribution is 1.08. The minimum Gasteiger partial charge on any atom is -0.294 e. The molecule has 0 unspecified atom stereocenters. The lowest BCUT2D eigenvalue weighted by Gasteiger charge is -1.85. The van der Waals surface area contributed by atoms with Crippen LogP contribution in [0.4, 0.5) is 0 Å². The summed E-state index contributed by atoms with van der Waals surface area (Å²) < 4.78 is 0. The Labute approximate surface area is 59.5 Å². The highest BCUT2D eigenvalue weighted by atomic mass is 15.1. The number of hydrogen-bond donors (Lipinski definition) is 1. The predicted molar refractivity (Wildman–Crippen MR) is 42.2 cm³/mol. The van der Waals surface area contributed by atoms with E-state index >= 15 is 0 Å². The Hall–Kier alpha value is -1.38. The van der Waals surface area contributed by atoms with Gasteiger partial charge in [-0.3, -0.25) is 10.1 Å². The van der Waals surface area contributed by atoms with Gasteiger partial charge in [0.25, 0.3) is 0 Å². The summed E-state index contributed by atoms with van der Waals surface area (Å²) in [5, 5.41) is 6.61. The zero-order chi connectivity index (χ0) is 7.40. The van der Waals surface area contributed by atoms with Gasteiger partial charge in [0.05, 0.1) is 11.9 Å². The molecule has 0 radical (unpaired) electrons. The highest BCUT2D eigenvalue weighted by molar-refractivity contribution is 5.82. The summed E-state index contributed by atoms with van der Waals surface area (Å²) in [4.78, 5) is 3.84. The van der Waals surface area contributed by atoms with Crippen molar-refractivity contribution in [1.82, 2.24) is 10.2 Å². The van der Waals surface area contributed by atoms with Gasteiger partial charge in [0.1, 0.15) is 0 Å². The van der Waals surface area contributed by atoms with Crippen LogP contribution in [0.3, 0.4) is 0 Å². The van der Waals surface area contributed by atoms with Crippen LogP contribution in [-0.2, 0) is 0 Å². The number of rotatable bonds is 2. The molecule has 0 fully saturated rings. The summed E-state index contributed by atoms with van der Waals surface area (Å²) in [5.74, 6) is 0. The number of aromatic nitrogens is 2. The van der Waals surface area contributed by atoms with Gasteiger partial charge < -0.3 is 0 Å². The summed E-state index contributed by atoms with van der Waals surface area (Å²) in [5.41, 5.74) is 1.88. The van der Waals surface area contributed by atoms with Crippen LogP contribution in [0, 0.1) is 0 Å². The fourth-order valence-corrected chi connectivity index (χ4v) is 0.701. The molecule has 0 bridgehead atoms. The highest BCUT2D eigenvalue weighted by Gasteiger charge is 1.94. The first kappa shape index (κ1) is 6.74. The van der Waals surface area contributed by atoms with Crippen LogP contribution in [0.2, 0.25) is 0 Å². The molecule has 0 saturated carbocycles. The van der Waals surface area contributed by atoms with Gasteiger partial charge in [0, 0.05) is 18.8 Å². The fraction of sp³-hybridized carbons (Fsp3) is 0.143.